The minimum Gasteiger partial charge on any atom is -0.507 e. The lowest BCUT2D eigenvalue weighted by Gasteiger charge is -2.37. The van der Waals surface area contributed by atoms with Gasteiger partial charge in [0.2, 0.25) is 0 Å². The summed E-state index contributed by atoms with van der Waals surface area (Å²) < 4.78 is 6.19. The molecule has 28 heavy (non-hydrogen) atoms. The lowest BCUT2D eigenvalue weighted by molar-refractivity contribution is -0.138. The van der Waals surface area contributed by atoms with Crippen LogP contribution in [0.2, 0.25) is 0 Å². The molecular formula is C23H27NO4. The highest BCUT2D eigenvalue weighted by Crippen LogP contribution is 2.43. The van der Waals surface area contributed by atoms with E-state index < -0.39 is 11.6 Å². The van der Waals surface area contributed by atoms with Crippen LogP contribution in [-0.4, -0.2) is 28.9 Å². The van der Waals surface area contributed by atoms with E-state index in [0.29, 0.717) is 25.0 Å². The van der Waals surface area contributed by atoms with E-state index in [1.54, 1.807) is 6.92 Å². The highest BCUT2D eigenvalue weighted by atomic mass is 16.5. The minimum absolute atomic E-state index is 0.289. The summed E-state index contributed by atoms with van der Waals surface area (Å²) in [5, 5.41) is 13.1. The number of hydrogen-bond donors (Lipinski definition) is 2. The van der Waals surface area contributed by atoms with Crippen LogP contribution in [0.25, 0.3) is 0 Å². The fraction of sp³-hybridized carbons (Fsp3) is 0.391. The van der Waals surface area contributed by atoms with Crippen molar-refractivity contribution in [3.63, 3.8) is 0 Å². The second-order valence-corrected chi connectivity index (χ2v) is 7.77. The average molecular weight is 381 g/mol. The highest BCUT2D eigenvalue weighted by molar-refractivity contribution is 5.88. The quantitative estimate of drug-likeness (QED) is 0.779. The Labute approximate surface area is 165 Å². The molecule has 2 N–H and O–H groups in total. The average Bonchev–Trinajstić information content (AvgIpc) is 2.70. The molecule has 3 rings (SSSR count). The molecule has 0 saturated carbocycles. The Bertz CT molecular complexity index is 907. The van der Waals surface area contributed by atoms with Gasteiger partial charge in [0.15, 0.2) is 5.60 Å². The Morgan fingerprint density at radius 1 is 1.21 bits per heavy atom. The van der Waals surface area contributed by atoms with Crippen LogP contribution in [0.4, 0.5) is 0 Å². The Balaban J connectivity index is 1.80. The van der Waals surface area contributed by atoms with Crippen molar-refractivity contribution in [1.82, 2.24) is 5.32 Å². The molecule has 0 fully saturated rings. The molecule has 2 aromatic carbocycles. The zero-order chi connectivity index (χ0) is 20.5. The Hall–Kier alpha value is -2.82. The number of amides is 1. The van der Waals surface area contributed by atoms with Crippen LogP contribution in [-0.2, 0) is 22.4 Å². The second kappa shape index (κ2) is 7.66. The monoisotopic (exact) mass is 381 g/mol. The minimum atomic E-state index is -1.06. The first-order chi connectivity index (χ1) is 13.3. The maximum Gasteiger partial charge on any atom is 0.264 e. The Morgan fingerprint density at radius 3 is 2.54 bits per heavy atom. The topological polar surface area (TPSA) is 75.6 Å². The van der Waals surface area contributed by atoms with Crippen molar-refractivity contribution in [2.45, 2.75) is 58.6 Å². The zero-order valence-electron chi connectivity index (χ0n) is 16.8. The second-order valence-electron chi connectivity index (χ2n) is 7.77. The highest BCUT2D eigenvalue weighted by Gasteiger charge is 2.41. The number of carbonyl (C=O) groups is 2. The molecular weight excluding hydrogens is 354 g/mol. The van der Waals surface area contributed by atoms with E-state index in [9.17, 15) is 14.7 Å². The molecule has 1 amide bonds. The molecule has 0 aromatic heterocycles. The smallest absolute Gasteiger partial charge is 0.264 e. The van der Waals surface area contributed by atoms with Crippen LogP contribution >= 0.6 is 0 Å². The summed E-state index contributed by atoms with van der Waals surface area (Å²) in [7, 11) is 0. The van der Waals surface area contributed by atoms with Crippen LogP contribution in [0.1, 0.15) is 41.2 Å². The molecule has 1 aliphatic heterocycles. The fourth-order valence-corrected chi connectivity index (χ4v) is 3.73. The van der Waals surface area contributed by atoms with Gasteiger partial charge in [-0.25, -0.2) is 0 Å². The van der Waals surface area contributed by atoms with Crippen molar-refractivity contribution in [2.75, 3.05) is 0 Å². The van der Waals surface area contributed by atoms with Gasteiger partial charge in [0.1, 0.15) is 17.8 Å². The molecule has 0 spiro atoms. The summed E-state index contributed by atoms with van der Waals surface area (Å²) >= 11 is 0. The number of hydrogen-bond acceptors (Lipinski definition) is 4. The SMILES string of the molecule is Cc1c(C)c2c(c(C)c1O)CC[C@](C)(C(=O)N[C@H](C=O)Cc1ccccc1)O2. The summed E-state index contributed by atoms with van der Waals surface area (Å²) in [5.41, 5.74) is 3.27. The predicted octanol–water partition coefficient (Wildman–Crippen LogP) is 3.33. The van der Waals surface area contributed by atoms with Crippen molar-refractivity contribution in [2.24, 2.45) is 0 Å². The van der Waals surface area contributed by atoms with E-state index in [0.717, 1.165) is 34.1 Å². The third kappa shape index (κ3) is 3.61. The van der Waals surface area contributed by atoms with Gasteiger partial charge in [0.05, 0.1) is 6.04 Å². The van der Waals surface area contributed by atoms with Gasteiger partial charge in [-0.15, -0.1) is 0 Å². The van der Waals surface area contributed by atoms with Crippen LogP contribution in [0.5, 0.6) is 11.5 Å². The number of ether oxygens (including phenoxy) is 1. The summed E-state index contributed by atoms with van der Waals surface area (Å²) in [6.07, 6.45) is 2.31. The van der Waals surface area contributed by atoms with Gasteiger partial charge < -0.3 is 20.0 Å². The van der Waals surface area contributed by atoms with Crippen LogP contribution in [0.3, 0.4) is 0 Å². The molecule has 2 aromatic rings. The maximum absolute atomic E-state index is 13.0. The predicted molar refractivity (Wildman–Crippen MR) is 108 cm³/mol. The Morgan fingerprint density at radius 2 is 1.89 bits per heavy atom. The van der Waals surface area contributed by atoms with Gasteiger partial charge in [-0.05, 0) is 62.8 Å². The van der Waals surface area contributed by atoms with Gasteiger partial charge >= 0.3 is 0 Å². The van der Waals surface area contributed by atoms with Crippen molar-refractivity contribution < 1.29 is 19.4 Å². The number of phenolic OH excluding ortho intramolecular Hbond substituents is 1. The molecule has 5 heteroatoms. The van der Waals surface area contributed by atoms with Crippen LogP contribution < -0.4 is 10.1 Å². The standard InChI is InChI=1S/C23H27NO4/c1-14-15(2)21-19(16(3)20(14)26)10-11-23(4,28-21)22(27)24-18(13-25)12-17-8-6-5-7-9-17/h5-9,13,18,26H,10-12H2,1-4H3,(H,24,27)/t18-,23+/m0/s1. The number of benzene rings is 2. The molecule has 0 bridgehead atoms. The normalized spacial score (nSPS) is 19.3. The molecule has 0 aliphatic carbocycles. The molecule has 0 unspecified atom stereocenters. The van der Waals surface area contributed by atoms with Crippen LogP contribution in [0, 0.1) is 20.8 Å². The van der Waals surface area contributed by atoms with E-state index in [4.69, 9.17) is 4.74 Å². The van der Waals surface area contributed by atoms with E-state index in [1.165, 1.54) is 0 Å². The summed E-state index contributed by atoms with van der Waals surface area (Å²) in [4.78, 5) is 24.5. The van der Waals surface area contributed by atoms with Crippen LogP contribution in [0.15, 0.2) is 30.3 Å². The molecule has 148 valence electrons. The summed E-state index contributed by atoms with van der Waals surface area (Å²) in [6, 6.07) is 8.98. The van der Waals surface area contributed by atoms with Crippen molar-refractivity contribution in [3.05, 3.63) is 58.1 Å². The van der Waals surface area contributed by atoms with Gasteiger partial charge in [-0.2, -0.15) is 0 Å². The maximum atomic E-state index is 13.0. The lowest BCUT2D eigenvalue weighted by Crippen LogP contribution is -2.54. The van der Waals surface area contributed by atoms with Gasteiger partial charge in [0, 0.05) is 12.0 Å². The number of fused-ring (bicyclic) bond motifs is 1. The van der Waals surface area contributed by atoms with Gasteiger partial charge in [0.25, 0.3) is 5.91 Å². The number of rotatable bonds is 5. The van der Waals surface area contributed by atoms with E-state index in [-0.39, 0.29) is 11.7 Å². The molecule has 0 saturated heterocycles. The van der Waals surface area contributed by atoms with Gasteiger partial charge in [-0.3, -0.25) is 4.79 Å². The summed E-state index contributed by atoms with van der Waals surface area (Å²) in [5.74, 6) is 0.660. The third-order valence-electron chi connectivity index (χ3n) is 5.78. The van der Waals surface area contributed by atoms with E-state index in [2.05, 4.69) is 5.32 Å². The number of aromatic hydroxyl groups is 1. The molecule has 1 aliphatic rings. The number of phenols is 1. The molecule has 2 atom stereocenters. The number of nitrogens with one attached hydrogen (secondary N) is 1. The lowest BCUT2D eigenvalue weighted by atomic mass is 9.86. The first-order valence-corrected chi connectivity index (χ1v) is 9.57. The molecule has 0 radical (unpaired) electrons. The molecule has 1 heterocycles. The van der Waals surface area contributed by atoms with E-state index in [1.807, 2.05) is 51.1 Å². The zero-order valence-corrected chi connectivity index (χ0v) is 16.8. The summed E-state index contributed by atoms with van der Waals surface area (Å²) in [6.45, 7) is 7.36. The first kappa shape index (κ1) is 19.9. The van der Waals surface area contributed by atoms with Crippen molar-refractivity contribution in [1.29, 1.82) is 0 Å². The van der Waals surface area contributed by atoms with Crippen molar-refractivity contribution >= 4 is 12.2 Å². The molecule has 5 nitrogen and oxygen atoms in total. The largest absolute Gasteiger partial charge is 0.507 e. The number of carbonyl (C=O) groups excluding carboxylic acids is 2. The third-order valence-corrected chi connectivity index (χ3v) is 5.78. The van der Waals surface area contributed by atoms with E-state index >= 15 is 0 Å². The Kier molecular flexibility index (Phi) is 5.45. The first-order valence-electron chi connectivity index (χ1n) is 9.57. The number of aldehydes is 1. The van der Waals surface area contributed by atoms with Crippen molar-refractivity contribution in [3.8, 4) is 11.5 Å². The van der Waals surface area contributed by atoms with Gasteiger partial charge in [-0.1, -0.05) is 30.3 Å². The fourth-order valence-electron chi connectivity index (χ4n) is 3.73.